The molecule has 0 aliphatic heterocycles. The Hall–Kier alpha value is -3.37. The highest BCUT2D eigenvalue weighted by Gasteiger charge is 2.34. The summed E-state index contributed by atoms with van der Waals surface area (Å²) in [6.07, 6.45) is -4.31. The molecule has 0 unspecified atom stereocenters. The minimum absolute atomic E-state index is 0.0354. The Morgan fingerprint density at radius 2 is 1.88 bits per heavy atom. The van der Waals surface area contributed by atoms with Gasteiger partial charge < -0.3 is 14.6 Å². The lowest BCUT2D eigenvalue weighted by Crippen LogP contribution is -2.27. The largest absolute Gasteiger partial charge is 0.444 e. The van der Waals surface area contributed by atoms with Gasteiger partial charge in [0.2, 0.25) is 6.41 Å². The van der Waals surface area contributed by atoms with Crippen molar-refractivity contribution in [1.82, 2.24) is 19.9 Å². The molecule has 174 valence electrons. The number of nitrogens with one attached hydrogen (secondary N) is 2. The van der Waals surface area contributed by atoms with Crippen molar-refractivity contribution in [3.63, 3.8) is 0 Å². The van der Waals surface area contributed by atoms with Crippen molar-refractivity contribution < 1.29 is 27.5 Å². The van der Waals surface area contributed by atoms with Gasteiger partial charge in [0.05, 0.1) is 5.69 Å². The second kappa shape index (κ2) is 9.41. The van der Waals surface area contributed by atoms with E-state index in [1.807, 2.05) is 0 Å². The molecule has 0 fully saturated rings. The van der Waals surface area contributed by atoms with Gasteiger partial charge in [-0.25, -0.2) is 14.8 Å². The molecular formula is C21H26F3N5O3. The molecule has 0 aromatic carbocycles. The highest BCUT2D eigenvalue weighted by Crippen LogP contribution is 2.29. The Morgan fingerprint density at radius 1 is 1.22 bits per heavy atom. The summed E-state index contributed by atoms with van der Waals surface area (Å²) in [7, 11) is 1.66. The number of anilines is 1. The van der Waals surface area contributed by atoms with Crippen LogP contribution in [0.2, 0.25) is 0 Å². The second-order valence-corrected chi connectivity index (χ2v) is 7.99. The van der Waals surface area contributed by atoms with E-state index in [1.54, 1.807) is 63.7 Å². The number of aryl methyl sites for hydroxylation is 1. The fourth-order valence-corrected chi connectivity index (χ4v) is 2.94. The third-order valence-corrected chi connectivity index (χ3v) is 4.32. The van der Waals surface area contributed by atoms with E-state index in [2.05, 4.69) is 15.3 Å². The minimum atomic E-state index is -4.75. The lowest BCUT2D eigenvalue weighted by molar-refractivity contribution is -0.116. The number of carbonyl (C=O) groups excluding carboxylic acids is 2. The van der Waals surface area contributed by atoms with Crippen molar-refractivity contribution in [1.29, 1.82) is 0 Å². The molecule has 0 bridgehead atoms. The zero-order valence-corrected chi connectivity index (χ0v) is 18.7. The van der Waals surface area contributed by atoms with E-state index in [1.165, 1.54) is 0 Å². The average Bonchev–Trinajstić information content (AvgIpc) is 2.95. The first-order chi connectivity index (χ1) is 14.8. The molecule has 0 saturated carbocycles. The van der Waals surface area contributed by atoms with Gasteiger partial charge >= 0.3 is 12.3 Å². The molecular weight excluding hydrogens is 427 g/mol. The maximum atomic E-state index is 13.2. The molecule has 2 amide bonds. The average molecular weight is 453 g/mol. The molecule has 2 aromatic rings. The van der Waals surface area contributed by atoms with Crippen molar-refractivity contribution in [3.8, 4) is 11.5 Å². The molecule has 0 spiro atoms. The predicted octanol–water partition coefficient (Wildman–Crippen LogP) is 4.35. The monoisotopic (exact) mass is 453 g/mol. The van der Waals surface area contributed by atoms with E-state index < -0.39 is 23.6 Å². The first-order valence-corrected chi connectivity index (χ1v) is 9.79. The van der Waals surface area contributed by atoms with Gasteiger partial charge in [0, 0.05) is 12.7 Å². The number of rotatable bonds is 6. The summed E-state index contributed by atoms with van der Waals surface area (Å²) in [4.78, 5) is 31.5. The van der Waals surface area contributed by atoms with Crippen molar-refractivity contribution in [2.75, 3.05) is 5.32 Å². The number of imidazole rings is 1. The minimum Gasteiger partial charge on any atom is -0.444 e. The van der Waals surface area contributed by atoms with Crippen LogP contribution in [0.4, 0.5) is 23.8 Å². The number of amides is 2. The fourth-order valence-electron chi connectivity index (χ4n) is 2.94. The van der Waals surface area contributed by atoms with E-state index in [0.29, 0.717) is 29.2 Å². The highest BCUT2D eigenvalue weighted by atomic mass is 19.4. The normalized spacial score (nSPS) is 12.5. The Bertz CT molecular complexity index is 1040. The van der Waals surface area contributed by atoms with Crippen LogP contribution in [0.25, 0.3) is 17.6 Å². The summed E-state index contributed by atoms with van der Waals surface area (Å²) in [5, 5.41) is 4.22. The van der Waals surface area contributed by atoms with Gasteiger partial charge in [-0.2, -0.15) is 13.2 Å². The van der Waals surface area contributed by atoms with Crippen LogP contribution in [0.15, 0.2) is 17.8 Å². The van der Waals surface area contributed by atoms with Gasteiger partial charge in [0.25, 0.3) is 0 Å². The number of alkyl halides is 3. The topological polar surface area (TPSA) is 98.1 Å². The van der Waals surface area contributed by atoms with Crippen LogP contribution >= 0.6 is 0 Å². The zero-order chi connectivity index (χ0) is 24.3. The molecule has 0 aliphatic carbocycles. The number of aromatic nitrogens is 3. The van der Waals surface area contributed by atoms with Crippen LogP contribution in [-0.2, 0) is 23.0 Å². The van der Waals surface area contributed by atoms with E-state index in [4.69, 9.17) is 4.74 Å². The van der Waals surface area contributed by atoms with E-state index in [-0.39, 0.29) is 17.9 Å². The van der Waals surface area contributed by atoms with E-state index >= 15 is 0 Å². The first kappa shape index (κ1) is 24.9. The summed E-state index contributed by atoms with van der Waals surface area (Å²) in [6, 6.07) is 3.29. The van der Waals surface area contributed by atoms with E-state index in [0.717, 1.165) is 6.08 Å². The van der Waals surface area contributed by atoms with Gasteiger partial charge in [0.1, 0.15) is 22.8 Å². The number of pyridine rings is 1. The van der Waals surface area contributed by atoms with Gasteiger partial charge in [-0.15, -0.1) is 0 Å². The molecule has 2 heterocycles. The van der Waals surface area contributed by atoms with Crippen LogP contribution in [-0.4, -0.2) is 38.8 Å². The Morgan fingerprint density at radius 3 is 2.41 bits per heavy atom. The number of halogens is 3. The quantitative estimate of drug-likeness (QED) is 0.634. The summed E-state index contributed by atoms with van der Waals surface area (Å²) in [5.74, 6) is 0.516. The summed E-state index contributed by atoms with van der Waals surface area (Å²) < 4.78 is 46.5. The molecule has 0 radical (unpaired) electrons. The van der Waals surface area contributed by atoms with Crippen molar-refractivity contribution >= 4 is 24.4 Å². The fraction of sp³-hybridized carbons (Fsp3) is 0.429. The van der Waals surface area contributed by atoms with Crippen molar-refractivity contribution in [2.24, 2.45) is 7.05 Å². The molecule has 11 heteroatoms. The maximum absolute atomic E-state index is 13.2. The van der Waals surface area contributed by atoms with Gasteiger partial charge in [-0.1, -0.05) is 13.0 Å². The van der Waals surface area contributed by atoms with Crippen LogP contribution in [0.5, 0.6) is 0 Å². The lowest BCUT2D eigenvalue weighted by atomic mass is 10.2. The zero-order valence-electron chi connectivity index (χ0n) is 18.7. The molecule has 0 saturated heterocycles. The number of hydrogen-bond acceptors (Lipinski definition) is 5. The van der Waals surface area contributed by atoms with E-state index in [9.17, 15) is 22.8 Å². The van der Waals surface area contributed by atoms with Gasteiger partial charge in [-0.05, 0) is 51.8 Å². The molecule has 8 nitrogen and oxygen atoms in total. The SMILES string of the molecule is CCc1c(/C=C(\NC=O)C(F)(F)F)nc(-c2nc(NC(=O)OC(C)(C)C)ccc2C)n1C. The molecule has 2 rings (SSSR count). The molecule has 2 aromatic heterocycles. The summed E-state index contributed by atoms with van der Waals surface area (Å²) in [5.41, 5.74) is -0.267. The smallest absolute Gasteiger partial charge is 0.431 e. The van der Waals surface area contributed by atoms with Gasteiger partial charge in [0.15, 0.2) is 5.82 Å². The lowest BCUT2D eigenvalue weighted by Gasteiger charge is -2.19. The van der Waals surface area contributed by atoms with Crippen LogP contribution < -0.4 is 10.6 Å². The summed E-state index contributed by atoms with van der Waals surface area (Å²) in [6.45, 7) is 8.73. The highest BCUT2D eigenvalue weighted by molar-refractivity contribution is 5.84. The molecule has 2 N–H and O–H groups in total. The number of hydrogen-bond donors (Lipinski definition) is 2. The number of allylic oxidation sites excluding steroid dienone is 1. The van der Waals surface area contributed by atoms with Crippen LogP contribution in [0, 0.1) is 6.92 Å². The Kier molecular flexibility index (Phi) is 7.32. The third kappa shape index (κ3) is 6.08. The molecule has 32 heavy (non-hydrogen) atoms. The molecule has 0 aliphatic rings. The van der Waals surface area contributed by atoms with Crippen LogP contribution in [0.3, 0.4) is 0 Å². The second-order valence-electron chi connectivity index (χ2n) is 7.99. The van der Waals surface area contributed by atoms with Crippen molar-refractivity contribution in [2.45, 2.75) is 52.8 Å². The van der Waals surface area contributed by atoms with Gasteiger partial charge in [-0.3, -0.25) is 10.1 Å². The standard InChI is InChI=1S/C21H26F3N5O3/c1-7-14-13(10-15(25-11-30)21(22,23)24)26-18(29(14)6)17-12(2)8-9-16(27-17)28-19(31)32-20(3,4)5/h8-11H,7H2,1-6H3,(H,25,30)(H,27,28,31)/b15-10-. The Balaban J connectivity index is 2.52. The third-order valence-electron chi connectivity index (χ3n) is 4.32. The summed E-state index contributed by atoms with van der Waals surface area (Å²) >= 11 is 0. The first-order valence-electron chi connectivity index (χ1n) is 9.79. The number of carbonyl (C=O) groups is 2. The van der Waals surface area contributed by atoms with Crippen LogP contribution in [0.1, 0.15) is 44.6 Å². The Labute approximate surface area is 183 Å². The van der Waals surface area contributed by atoms with Crippen molar-refractivity contribution in [3.05, 3.63) is 34.8 Å². The number of ether oxygens (including phenoxy) is 1. The molecule has 0 atom stereocenters. The predicted molar refractivity (Wildman–Crippen MR) is 114 cm³/mol. The number of nitrogens with zero attached hydrogens (tertiary/aromatic N) is 3. The maximum Gasteiger partial charge on any atom is 0.431 e.